The van der Waals surface area contributed by atoms with Crippen LogP contribution in [0.1, 0.15) is 103 Å². The molecule has 3 saturated carbocycles. The Kier molecular flexibility index (Phi) is 4.70. The van der Waals surface area contributed by atoms with Crippen LogP contribution in [0.15, 0.2) is 24.3 Å². The van der Waals surface area contributed by atoms with Crippen molar-refractivity contribution in [2.24, 2.45) is 28.6 Å². The van der Waals surface area contributed by atoms with Crippen molar-refractivity contribution < 1.29 is 4.79 Å². The van der Waals surface area contributed by atoms with E-state index in [0.717, 1.165) is 24.2 Å². The van der Waals surface area contributed by atoms with Crippen molar-refractivity contribution in [3.63, 3.8) is 0 Å². The van der Waals surface area contributed by atoms with Crippen LogP contribution >= 0.6 is 0 Å². The topological polar surface area (TPSA) is 29.1 Å². The van der Waals surface area contributed by atoms with Crippen LogP contribution in [0.3, 0.4) is 0 Å². The lowest BCUT2D eigenvalue weighted by Crippen LogP contribution is -2.62. The highest BCUT2D eigenvalue weighted by atomic mass is 16.2. The number of fused-ring (bicyclic) bond motifs is 5. The fourth-order valence-corrected chi connectivity index (χ4v) is 8.27. The first-order valence-corrected chi connectivity index (χ1v) is 12.5. The van der Waals surface area contributed by atoms with Crippen LogP contribution in [0.2, 0.25) is 0 Å². The molecule has 164 valence electrons. The number of rotatable bonds is 1. The predicted octanol–water partition coefficient (Wildman–Crippen LogP) is 6.59. The zero-order chi connectivity index (χ0) is 21.3. The maximum absolute atomic E-state index is 13.2. The highest BCUT2D eigenvalue weighted by molar-refractivity contribution is 5.85. The highest BCUT2D eigenvalue weighted by Gasteiger charge is 2.59. The van der Waals surface area contributed by atoms with Crippen LogP contribution in [-0.2, 0) is 10.2 Å². The monoisotopic (exact) mass is 407 g/mol. The van der Waals surface area contributed by atoms with Gasteiger partial charge in [0, 0.05) is 6.04 Å². The first-order chi connectivity index (χ1) is 14.1. The maximum Gasteiger partial charge on any atom is 0.227 e. The molecule has 0 aromatic heterocycles. The second-order valence-electron chi connectivity index (χ2n) is 12.7. The molecule has 2 nitrogen and oxygen atoms in total. The molecule has 0 bridgehead atoms. The summed E-state index contributed by atoms with van der Waals surface area (Å²) in [5.74, 6) is 2.86. The molecule has 3 aliphatic carbocycles. The second-order valence-corrected chi connectivity index (χ2v) is 12.7. The Morgan fingerprint density at radius 2 is 1.67 bits per heavy atom. The molecule has 1 aromatic carbocycles. The van der Waals surface area contributed by atoms with Crippen molar-refractivity contribution in [1.29, 1.82) is 0 Å². The summed E-state index contributed by atoms with van der Waals surface area (Å²) in [4.78, 5) is 13.2. The van der Waals surface area contributed by atoms with E-state index in [4.69, 9.17) is 0 Å². The number of hydrogen-bond donors (Lipinski definition) is 1. The van der Waals surface area contributed by atoms with Crippen molar-refractivity contribution in [3.8, 4) is 0 Å². The minimum atomic E-state index is 0.0101. The third-order valence-corrected chi connectivity index (χ3v) is 10.1. The molecule has 1 unspecified atom stereocenters. The van der Waals surface area contributed by atoms with E-state index >= 15 is 0 Å². The van der Waals surface area contributed by atoms with Gasteiger partial charge in [-0.1, -0.05) is 65.3 Å². The van der Waals surface area contributed by atoms with Crippen molar-refractivity contribution in [2.45, 2.75) is 103 Å². The molecule has 1 N–H and O–H groups in total. The number of carbonyl (C=O) groups excluding carboxylic acids is 1. The van der Waals surface area contributed by atoms with E-state index in [1.165, 1.54) is 56.1 Å². The summed E-state index contributed by atoms with van der Waals surface area (Å²) in [5.41, 5.74) is 3.55. The van der Waals surface area contributed by atoms with Gasteiger partial charge in [-0.05, 0) is 90.1 Å². The summed E-state index contributed by atoms with van der Waals surface area (Å²) in [7, 11) is 0. The minimum Gasteiger partial charge on any atom is -0.352 e. The largest absolute Gasteiger partial charge is 0.352 e. The minimum absolute atomic E-state index is 0.0101. The summed E-state index contributed by atoms with van der Waals surface area (Å²) in [5, 5.41) is 3.52. The summed E-state index contributed by atoms with van der Waals surface area (Å²) in [6.07, 6.45) is 10.6. The average molecular weight is 408 g/mol. The Bertz CT molecular complexity index is 820. The van der Waals surface area contributed by atoms with Crippen molar-refractivity contribution in [3.05, 3.63) is 35.4 Å². The van der Waals surface area contributed by atoms with Gasteiger partial charge in [0.2, 0.25) is 5.91 Å². The smallest absolute Gasteiger partial charge is 0.227 e. The Morgan fingerprint density at radius 3 is 2.37 bits per heavy atom. The molecule has 0 radical (unpaired) electrons. The van der Waals surface area contributed by atoms with E-state index in [2.05, 4.69) is 64.2 Å². The number of amides is 1. The highest BCUT2D eigenvalue weighted by Crippen LogP contribution is 2.64. The Balaban J connectivity index is 1.43. The standard InChI is InChI=1S/C28H41NO/c1-26(2,3)19-10-8-18(9-11-19)21-17-28(5)23-14-16-27(4)15-6-7-22(27)20(23)12-13-24(28)29-25(21)30/h8-11,20-24H,6-7,12-17H2,1-5H3,(H,29,30)/t20-,21?,22-,23-,24+,27-,28+/m0/s1. The molecule has 4 aliphatic rings. The van der Waals surface area contributed by atoms with Gasteiger partial charge in [0.25, 0.3) is 0 Å². The molecule has 1 heterocycles. The molecule has 0 spiro atoms. The predicted molar refractivity (Wildman–Crippen MR) is 123 cm³/mol. The zero-order valence-corrected chi connectivity index (χ0v) is 19.8. The number of carbonyl (C=O) groups is 1. The third-order valence-electron chi connectivity index (χ3n) is 10.1. The van der Waals surface area contributed by atoms with Crippen LogP contribution in [0.5, 0.6) is 0 Å². The van der Waals surface area contributed by atoms with Gasteiger partial charge >= 0.3 is 0 Å². The summed E-state index contributed by atoms with van der Waals surface area (Å²) < 4.78 is 0. The van der Waals surface area contributed by atoms with E-state index in [1.807, 2.05) is 0 Å². The summed E-state index contributed by atoms with van der Waals surface area (Å²) in [6, 6.07) is 9.31. The van der Waals surface area contributed by atoms with Crippen LogP contribution in [0.25, 0.3) is 0 Å². The molecule has 7 atom stereocenters. The lowest BCUT2D eigenvalue weighted by Gasteiger charge is -2.60. The number of hydrogen-bond acceptors (Lipinski definition) is 1. The van der Waals surface area contributed by atoms with Gasteiger partial charge in [-0.2, -0.15) is 0 Å². The summed E-state index contributed by atoms with van der Waals surface area (Å²) in [6.45, 7) is 11.9. The van der Waals surface area contributed by atoms with E-state index in [1.54, 1.807) is 0 Å². The molecular weight excluding hydrogens is 366 g/mol. The number of benzene rings is 1. The van der Waals surface area contributed by atoms with Gasteiger partial charge in [0.1, 0.15) is 0 Å². The number of piperidine rings is 1. The van der Waals surface area contributed by atoms with Gasteiger partial charge in [-0.3, -0.25) is 4.79 Å². The van der Waals surface area contributed by atoms with Crippen LogP contribution < -0.4 is 5.32 Å². The first kappa shape index (κ1) is 20.6. The Morgan fingerprint density at radius 1 is 0.933 bits per heavy atom. The van der Waals surface area contributed by atoms with Gasteiger partial charge in [-0.25, -0.2) is 0 Å². The van der Waals surface area contributed by atoms with Gasteiger partial charge in [0.05, 0.1) is 5.92 Å². The van der Waals surface area contributed by atoms with Crippen molar-refractivity contribution >= 4 is 5.91 Å². The third kappa shape index (κ3) is 3.07. The molecule has 30 heavy (non-hydrogen) atoms. The lowest BCUT2D eigenvalue weighted by atomic mass is 9.47. The van der Waals surface area contributed by atoms with E-state index in [9.17, 15) is 4.79 Å². The SMILES string of the molecule is CC(C)(C)c1ccc(C2C[C@@]3(C)[C@@H](CC[C@H]4[C@@H]5CCC[C@@]5(C)CC[C@@H]43)NC2=O)cc1. The molecular formula is C28H41NO. The maximum atomic E-state index is 13.2. The van der Waals surface area contributed by atoms with Gasteiger partial charge in [-0.15, -0.1) is 0 Å². The summed E-state index contributed by atoms with van der Waals surface area (Å²) >= 11 is 0. The zero-order valence-electron chi connectivity index (χ0n) is 19.8. The molecule has 2 heteroatoms. The molecule has 1 saturated heterocycles. The average Bonchev–Trinajstić information content (AvgIpc) is 3.09. The lowest BCUT2D eigenvalue weighted by molar-refractivity contribution is -0.138. The van der Waals surface area contributed by atoms with Gasteiger partial charge in [0.15, 0.2) is 0 Å². The molecule has 1 aromatic rings. The van der Waals surface area contributed by atoms with Crippen molar-refractivity contribution in [1.82, 2.24) is 5.32 Å². The molecule has 4 fully saturated rings. The van der Waals surface area contributed by atoms with Crippen LogP contribution in [0, 0.1) is 28.6 Å². The Labute approximate surface area is 183 Å². The first-order valence-electron chi connectivity index (χ1n) is 12.5. The fourth-order valence-electron chi connectivity index (χ4n) is 8.27. The van der Waals surface area contributed by atoms with Gasteiger partial charge < -0.3 is 5.32 Å². The van der Waals surface area contributed by atoms with Crippen LogP contribution in [-0.4, -0.2) is 11.9 Å². The molecule has 5 rings (SSSR count). The van der Waals surface area contributed by atoms with E-state index in [0.29, 0.717) is 11.5 Å². The van der Waals surface area contributed by atoms with Crippen LogP contribution in [0.4, 0.5) is 0 Å². The van der Waals surface area contributed by atoms with E-state index < -0.39 is 0 Å². The quantitative estimate of drug-likeness (QED) is 0.559. The fraction of sp³-hybridized carbons (Fsp3) is 0.750. The molecule has 1 aliphatic heterocycles. The second kappa shape index (κ2) is 6.84. The number of nitrogens with one attached hydrogen (secondary N) is 1. The van der Waals surface area contributed by atoms with E-state index in [-0.39, 0.29) is 22.7 Å². The molecule has 1 amide bonds. The van der Waals surface area contributed by atoms with Crippen molar-refractivity contribution in [2.75, 3.05) is 0 Å². The Hall–Kier alpha value is -1.31. The normalized spacial score (nSPS) is 43.4.